The molecular formula is C13H17N3O2. The van der Waals surface area contributed by atoms with Crippen LogP contribution in [0.5, 0.6) is 0 Å². The van der Waals surface area contributed by atoms with Crippen LogP contribution in [-0.4, -0.2) is 29.2 Å². The molecule has 0 saturated heterocycles. The van der Waals surface area contributed by atoms with E-state index in [-0.39, 0.29) is 5.97 Å². The number of rotatable bonds is 4. The topological polar surface area (TPSA) is 70.1 Å². The van der Waals surface area contributed by atoms with Crippen molar-refractivity contribution in [3.8, 4) is 0 Å². The molecule has 0 aliphatic heterocycles. The lowest BCUT2D eigenvalue weighted by Gasteiger charge is -2.15. The Morgan fingerprint density at radius 3 is 2.89 bits per heavy atom. The first kappa shape index (κ1) is 12.6. The van der Waals surface area contributed by atoms with Gasteiger partial charge in [-0.1, -0.05) is 12.1 Å². The fourth-order valence-corrected chi connectivity index (χ4v) is 2.11. The molecule has 0 spiro atoms. The average molecular weight is 247 g/mol. The number of fused-ring (bicyclic) bond motifs is 1. The van der Waals surface area contributed by atoms with Crippen molar-refractivity contribution in [1.82, 2.24) is 9.55 Å². The molecule has 0 radical (unpaired) electrons. The molecule has 1 atom stereocenters. The minimum atomic E-state index is -0.399. The maximum absolute atomic E-state index is 11.7. The van der Waals surface area contributed by atoms with Crippen molar-refractivity contribution in [2.24, 2.45) is 5.73 Å². The van der Waals surface area contributed by atoms with E-state index in [0.717, 1.165) is 16.9 Å². The van der Waals surface area contributed by atoms with Gasteiger partial charge in [-0.2, -0.15) is 0 Å². The van der Waals surface area contributed by atoms with E-state index in [1.54, 1.807) is 6.92 Å². The fourth-order valence-electron chi connectivity index (χ4n) is 2.11. The molecule has 0 fully saturated rings. The minimum absolute atomic E-state index is 0.281. The molecule has 5 heteroatoms. The van der Waals surface area contributed by atoms with Gasteiger partial charge in [-0.25, -0.2) is 9.78 Å². The summed E-state index contributed by atoms with van der Waals surface area (Å²) in [6.07, 6.45) is 0.635. The highest BCUT2D eigenvalue weighted by Gasteiger charge is 2.21. The number of hydrogen-bond acceptors (Lipinski definition) is 4. The van der Waals surface area contributed by atoms with Crippen molar-refractivity contribution in [2.75, 3.05) is 13.7 Å². The van der Waals surface area contributed by atoms with E-state index in [9.17, 15) is 4.79 Å². The Kier molecular flexibility index (Phi) is 3.62. The number of ether oxygens (including phenoxy) is 1. The van der Waals surface area contributed by atoms with Gasteiger partial charge in [0, 0.05) is 6.42 Å². The Balaban J connectivity index is 2.57. The number of carbonyl (C=O) groups excluding carboxylic acids is 1. The molecule has 0 saturated carbocycles. The van der Waals surface area contributed by atoms with Crippen molar-refractivity contribution in [3.63, 3.8) is 0 Å². The zero-order chi connectivity index (χ0) is 13.1. The van der Waals surface area contributed by atoms with Crippen LogP contribution >= 0.6 is 0 Å². The Labute approximate surface area is 106 Å². The molecule has 0 aliphatic rings. The lowest BCUT2D eigenvalue weighted by atomic mass is 10.2. The predicted molar refractivity (Wildman–Crippen MR) is 69.2 cm³/mol. The Hall–Kier alpha value is -1.88. The summed E-state index contributed by atoms with van der Waals surface area (Å²) in [5, 5.41) is 0. The molecule has 1 unspecified atom stereocenters. The summed E-state index contributed by atoms with van der Waals surface area (Å²) >= 11 is 0. The molecule has 1 heterocycles. The molecular weight excluding hydrogens is 230 g/mol. The number of esters is 1. The van der Waals surface area contributed by atoms with Crippen LogP contribution in [0, 0.1) is 0 Å². The van der Waals surface area contributed by atoms with Gasteiger partial charge in [-0.3, -0.25) is 0 Å². The highest BCUT2D eigenvalue weighted by Crippen LogP contribution is 2.22. The third-order valence-electron chi connectivity index (χ3n) is 2.97. The van der Waals surface area contributed by atoms with Crippen molar-refractivity contribution < 1.29 is 9.53 Å². The standard InChI is InChI=1S/C13H17N3O2/c1-9(13(17)18-2)16-11-6-4-3-5-10(11)15-12(16)7-8-14/h3-6,9H,7-8,14H2,1-2H3. The van der Waals surface area contributed by atoms with Crippen LogP contribution in [0.15, 0.2) is 24.3 Å². The normalized spacial score (nSPS) is 12.6. The summed E-state index contributed by atoms with van der Waals surface area (Å²) in [6.45, 7) is 2.30. The number of aromatic nitrogens is 2. The zero-order valence-electron chi connectivity index (χ0n) is 10.6. The smallest absolute Gasteiger partial charge is 0.328 e. The van der Waals surface area contributed by atoms with Gasteiger partial charge >= 0.3 is 5.97 Å². The van der Waals surface area contributed by atoms with Crippen LogP contribution in [0.4, 0.5) is 0 Å². The van der Waals surface area contributed by atoms with Gasteiger partial charge in [0.2, 0.25) is 0 Å². The Bertz CT molecular complexity index is 562. The van der Waals surface area contributed by atoms with E-state index in [2.05, 4.69) is 4.98 Å². The van der Waals surface area contributed by atoms with Crippen LogP contribution in [0.2, 0.25) is 0 Å². The molecule has 0 bridgehead atoms. The van der Waals surface area contributed by atoms with Gasteiger partial charge in [0.05, 0.1) is 18.1 Å². The number of nitrogens with two attached hydrogens (primary N) is 1. The third-order valence-corrected chi connectivity index (χ3v) is 2.97. The van der Waals surface area contributed by atoms with Crippen LogP contribution in [-0.2, 0) is 16.0 Å². The van der Waals surface area contributed by atoms with Crippen LogP contribution in [0.3, 0.4) is 0 Å². The second-order valence-electron chi connectivity index (χ2n) is 4.12. The number of benzene rings is 1. The van der Waals surface area contributed by atoms with E-state index in [1.165, 1.54) is 7.11 Å². The lowest BCUT2D eigenvalue weighted by Crippen LogP contribution is -2.21. The number of hydrogen-bond donors (Lipinski definition) is 1. The molecule has 1 aromatic heterocycles. The van der Waals surface area contributed by atoms with E-state index in [4.69, 9.17) is 10.5 Å². The Morgan fingerprint density at radius 1 is 1.50 bits per heavy atom. The zero-order valence-corrected chi connectivity index (χ0v) is 10.6. The average Bonchev–Trinajstić information content (AvgIpc) is 2.75. The molecule has 5 nitrogen and oxygen atoms in total. The summed E-state index contributed by atoms with van der Waals surface area (Å²) < 4.78 is 6.70. The van der Waals surface area contributed by atoms with E-state index >= 15 is 0 Å². The van der Waals surface area contributed by atoms with Crippen LogP contribution in [0.25, 0.3) is 11.0 Å². The van der Waals surface area contributed by atoms with Gasteiger partial charge in [-0.05, 0) is 25.6 Å². The largest absolute Gasteiger partial charge is 0.467 e. The number of imidazole rings is 1. The molecule has 2 rings (SSSR count). The quantitative estimate of drug-likeness (QED) is 0.826. The van der Waals surface area contributed by atoms with Gasteiger partial charge in [-0.15, -0.1) is 0 Å². The van der Waals surface area contributed by atoms with Crippen molar-refractivity contribution in [2.45, 2.75) is 19.4 Å². The highest BCUT2D eigenvalue weighted by molar-refractivity contribution is 5.81. The summed E-state index contributed by atoms with van der Waals surface area (Å²) in [5.41, 5.74) is 7.39. The number of para-hydroxylation sites is 2. The van der Waals surface area contributed by atoms with Gasteiger partial charge in [0.15, 0.2) is 0 Å². The van der Waals surface area contributed by atoms with E-state index < -0.39 is 6.04 Å². The summed E-state index contributed by atoms with van der Waals surface area (Å²) in [6, 6.07) is 7.33. The lowest BCUT2D eigenvalue weighted by molar-refractivity contribution is -0.143. The maximum Gasteiger partial charge on any atom is 0.328 e. The predicted octanol–water partition coefficient (Wildman–Crippen LogP) is 1.27. The second-order valence-corrected chi connectivity index (χ2v) is 4.12. The molecule has 0 amide bonds. The summed E-state index contributed by atoms with van der Waals surface area (Å²) in [5.74, 6) is 0.535. The Morgan fingerprint density at radius 2 is 2.22 bits per heavy atom. The van der Waals surface area contributed by atoms with Gasteiger partial charge in [0.25, 0.3) is 0 Å². The first-order chi connectivity index (χ1) is 8.69. The van der Waals surface area contributed by atoms with E-state index in [0.29, 0.717) is 13.0 Å². The monoisotopic (exact) mass is 247 g/mol. The fraction of sp³-hybridized carbons (Fsp3) is 0.385. The summed E-state index contributed by atoms with van der Waals surface area (Å²) in [4.78, 5) is 16.2. The van der Waals surface area contributed by atoms with Crippen molar-refractivity contribution in [3.05, 3.63) is 30.1 Å². The number of methoxy groups -OCH3 is 1. The third kappa shape index (κ3) is 2.09. The molecule has 1 aromatic carbocycles. The van der Waals surface area contributed by atoms with Gasteiger partial charge in [0.1, 0.15) is 11.9 Å². The van der Waals surface area contributed by atoms with Crippen LogP contribution in [0.1, 0.15) is 18.8 Å². The second kappa shape index (κ2) is 5.18. The first-order valence-corrected chi connectivity index (χ1v) is 5.92. The van der Waals surface area contributed by atoms with Crippen molar-refractivity contribution in [1.29, 1.82) is 0 Å². The van der Waals surface area contributed by atoms with Crippen LogP contribution < -0.4 is 5.73 Å². The molecule has 18 heavy (non-hydrogen) atoms. The molecule has 2 N–H and O–H groups in total. The molecule has 96 valence electrons. The van der Waals surface area contributed by atoms with Gasteiger partial charge < -0.3 is 15.0 Å². The number of carbonyl (C=O) groups is 1. The van der Waals surface area contributed by atoms with Crippen molar-refractivity contribution >= 4 is 17.0 Å². The maximum atomic E-state index is 11.7. The highest BCUT2D eigenvalue weighted by atomic mass is 16.5. The minimum Gasteiger partial charge on any atom is -0.467 e. The molecule has 2 aromatic rings. The number of nitrogens with zero attached hydrogens (tertiary/aromatic N) is 2. The molecule has 0 aliphatic carbocycles. The van der Waals surface area contributed by atoms with E-state index in [1.807, 2.05) is 28.8 Å². The first-order valence-electron chi connectivity index (χ1n) is 5.92. The SMILES string of the molecule is COC(=O)C(C)n1c(CCN)nc2ccccc21. The summed E-state index contributed by atoms with van der Waals surface area (Å²) in [7, 11) is 1.39.